The first-order valence-electron chi connectivity index (χ1n) is 10.7. The largest absolute Gasteiger partial charge is 0.370 e. The number of nitrogens with two attached hydrogens (primary N) is 1. The zero-order chi connectivity index (χ0) is 22.2. The Morgan fingerprint density at radius 3 is 2.79 bits per heavy atom. The van der Waals surface area contributed by atoms with Crippen LogP contribution in [0.1, 0.15) is 24.0 Å². The van der Waals surface area contributed by atoms with Crippen LogP contribution in [0, 0.1) is 6.92 Å². The van der Waals surface area contributed by atoms with Gasteiger partial charge in [-0.3, -0.25) is 19.9 Å². The van der Waals surface area contributed by atoms with E-state index in [9.17, 15) is 9.59 Å². The van der Waals surface area contributed by atoms with Crippen LogP contribution >= 0.6 is 24.2 Å². The molecule has 2 fully saturated rings. The number of hydrogen-bond acceptors (Lipinski definition) is 6. The van der Waals surface area contributed by atoms with Crippen molar-refractivity contribution < 1.29 is 9.59 Å². The summed E-state index contributed by atoms with van der Waals surface area (Å²) in [6.45, 7) is 4.08. The van der Waals surface area contributed by atoms with Crippen LogP contribution in [-0.2, 0) is 4.79 Å². The first kappa shape index (κ1) is 23.3. The van der Waals surface area contributed by atoms with E-state index in [1.54, 1.807) is 12.3 Å². The molecule has 170 valence electrons. The molecule has 0 unspecified atom stereocenters. The van der Waals surface area contributed by atoms with Gasteiger partial charge in [-0.05, 0) is 84.1 Å². The van der Waals surface area contributed by atoms with E-state index >= 15 is 0 Å². The maximum atomic E-state index is 11.9. The van der Waals surface area contributed by atoms with Gasteiger partial charge in [-0.1, -0.05) is 18.2 Å². The molecule has 2 amide bonds. The summed E-state index contributed by atoms with van der Waals surface area (Å²) in [6.07, 6.45) is 5.65. The van der Waals surface area contributed by atoms with Gasteiger partial charge >= 0.3 is 0 Å². The Labute approximate surface area is 203 Å². The number of pyridine rings is 1. The van der Waals surface area contributed by atoms with Gasteiger partial charge < -0.3 is 10.6 Å². The number of aryl methyl sites for hydroxylation is 1. The lowest BCUT2D eigenvalue weighted by Gasteiger charge is -2.33. The Morgan fingerprint density at radius 2 is 2.06 bits per heavy atom. The van der Waals surface area contributed by atoms with Crippen LogP contribution < -0.4 is 16.0 Å². The molecule has 3 N–H and O–H groups in total. The normalized spacial score (nSPS) is 19.6. The number of rotatable bonds is 3. The lowest BCUT2D eigenvalue weighted by molar-refractivity contribution is -0.115. The molecule has 33 heavy (non-hydrogen) atoms. The quantitative estimate of drug-likeness (QED) is 0.519. The molecule has 2 aromatic carbocycles. The molecule has 0 radical (unpaired) electrons. The SMILES string of the molecule is Cc1cc(-c2cccc3ncc(C=C4SC(=O)NC4=O)cc23)ccc1N1CCC[C@@H](N)C1.Cl. The molecule has 5 rings (SSSR count). The van der Waals surface area contributed by atoms with Gasteiger partial charge in [0.1, 0.15) is 0 Å². The Bertz CT molecular complexity index is 1280. The summed E-state index contributed by atoms with van der Waals surface area (Å²) in [5, 5.41) is 2.94. The predicted molar refractivity (Wildman–Crippen MR) is 138 cm³/mol. The fourth-order valence-corrected chi connectivity index (χ4v) is 5.16. The molecule has 6 nitrogen and oxygen atoms in total. The van der Waals surface area contributed by atoms with Crippen LogP contribution in [0.2, 0.25) is 0 Å². The summed E-state index contributed by atoms with van der Waals surface area (Å²) in [4.78, 5) is 30.7. The number of nitrogens with one attached hydrogen (secondary N) is 1. The van der Waals surface area contributed by atoms with Crippen molar-refractivity contribution in [3.05, 3.63) is 64.7 Å². The van der Waals surface area contributed by atoms with Crippen molar-refractivity contribution in [2.24, 2.45) is 5.73 Å². The van der Waals surface area contributed by atoms with Crippen molar-refractivity contribution in [2.75, 3.05) is 18.0 Å². The lowest BCUT2D eigenvalue weighted by Crippen LogP contribution is -2.43. The number of fused-ring (bicyclic) bond motifs is 1. The molecule has 1 atom stereocenters. The number of thioether (sulfide) groups is 1. The fourth-order valence-electron chi connectivity index (χ4n) is 4.47. The number of halogens is 1. The fraction of sp³-hybridized carbons (Fsp3) is 0.240. The number of piperidine rings is 1. The molecule has 2 aliphatic heterocycles. The van der Waals surface area contributed by atoms with E-state index in [0.717, 1.165) is 65.3 Å². The summed E-state index contributed by atoms with van der Waals surface area (Å²) in [5.74, 6) is -0.364. The number of imide groups is 1. The van der Waals surface area contributed by atoms with Crippen molar-refractivity contribution in [3.8, 4) is 11.1 Å². The van der Waals surface area contributed by atoms with Gasteiger partial charge in [-0.15, -0.1) is 12.4 Å². The Morgan fingerprint density at radius 1 is 1.21 bits per heavy atom. The van der Waals surface area contributed by atoms with Crippen molar-refractivity contribution >= 4 is 58.0 Å². The maximum absolute atomic E-state index is 11.9. The first-order valence-corrected chi connectivity index (χ1v) is 11.5. The number of hydrogen-bond donors (Lipinski definition) is 2. The second-order valence-corrected chi connectivity index (χ2v) is 9.36. The number of aromatic nitrogens is 1. The van der Waals surface area contributed by atoms with E-state index in [1.807, 2.05) is 18.2 Å². The van der Waals surface area contributed by atoms with Crippen LogP contribution in [0.15, 0.2) is 53.6 Å². The van der Waals surface area contributed by atoms with E-state index in [-0.39, 0.29) is 29.6 Å². The van der Waals surface area contributed by atoms with E-state index in [1.165, 1.54) is 11.3 Å². The molecule has 8 heteroatoms. The Hall–Kier alpha value is -2.87. The van der Waals surface area contributed by atoms with Gasteiger partial charge in [0.05, 0.1) is 10.4 Å². The lowest BCUT2D eigenvalue weighted by atomic mass is 9.96. The number of anilines is 1. The zero-order valence-corrected chi connectivity index (χ0v) is 19.8. The number of carbonyl (C=O) groups excluding carboxylic acids is 2. The van der Waals surface area contributed by atoms with Gasteiger partial charge in [0.2, 0.25) is 0 Å². The molecular formula is C25H25ClN4O2S. The van der Waals surface area contributed by atoms with Crippen molar-refractivity contribution in [2.45, 2.75) is 25.8 Å². The van der Waals surface area contributed by atoms with Crippen LogP contribution in [0.4, 0.5) is 10.5 Å². The van der Waals surface area contributed by atoms with Gasteiger partial charge in [0, 0.05) is 36.4 Å². The predicted octanol–water partition coefficient (Wildman–Crippen LogP) is 4.88. The summed E-state index contributed by atoms with van der Waals surface area (Å²) < 4.78 is 0. The van der Waals surface area contributed by atoms with Crippen molar-refractivity contribution in [3.63, 3.8) is 0 Å². The van der Waals surface area contributed by atoms with Crippen molar-refractivity contribution in [1.82, 2.24) is 10.3 Å². The first-order chi connectivity index (χ1) is 15.5. The highest BCUT2D eigenvalue weighted by Crippen LogP contribution is 2.33. The summed E-state index contributed by atoms with van der Waals surface area (Å²) in [6, 6.07) is 14.9. The third kappa shape index (κ3) is 4.76. The van der Waals surface area contributed by atoms with Gasteiger partial charge in [-0.2, -0.15) is 0 Å². The minimum Gasteiger partial charge on any atom is -0.370 e. The topological polar surface area (TPSA) is 88.3 Å². The second-order valence-electron chi connectivity index (χ2n) is 8.34. The summed E-state index contributed by atoms with van der Waals surface area (Å²) >= 11 is 0.912. The van der Waals surface area contributed by atoms with E-state index in [4.69, 9.17) is 5.73 Å². The monoisotopic (exact) mass is 480 g/mol. The number of amides is 2. The van der Waals surface area contributed by atoms with Crippen molar-refractivity contribution in [1.29, 1.82) is 0 Å². The number of benzene rings is 2. The highest BCUT2D eigenvalue weighted by atomic mass is 35.5. The molecule has 0 bridgehead atoms. The minimum atomic E-state index is -0.364. The highest BCUT2D eigenvalue weighted by molar-refractivity contribution is 8.18. The van der Waals surface area contributed by atoms with E-state index in [2.05, 4.69) is 46.4 Å². The molecule has 1 aromatic heterocycles. The van der Waals surface area contributed by atoms with Crippen LogP contribution in [0.25, 0.3) is 28.1 Å². The maximum Gasteiger partial charge on any atom is 0.290 e. The Balaban J connectivity index is 0.00000259. The van der Waals surface area contributed by atoms with Crippen LogP contribution in [0.5, 0.6) is 0 Å². The average Bonchev–Trinajstić information content (AvgIpc) is 3.09. The summed E-state index contributed by atoms with van der Waals surface area (Å²) in [7, 11) is 0. The Kier molecular flexibility index (Phi) is 6.74. The third-order valence-electron chi connectivity index (χ3n) is 5.99. The third-order valence-corrected chi connectivity index (χ3v) is 6.80. The molecule has 2 aliphatic rings. The average molecular weight is 481 g/mol. The number of nitrogens with zero attached hydrogens (tertiary/aromatic N) is 2. The molecule has 3 heterocycles. The van der Waals surface area contributed by atoms with E-state index in [0.29, 0.717) is 4.91 Å². The zero-order valence-electron chi connectivity index (χ0n) is 18.2. The second kappa shape index (κ2) is 9.55. The van der Waals surface area contributed by atoms with E-state index < -0.39 is 0 Å². The molecule has 0 saturated carbocycles. The smallest absolute Gasteiger partial charge is 0.290 e. The van der Waals surface area contributed by atoms with Crippen LogP contribution in [0.3, 0.4) is 0 Å². The van der Waals surface area contributed by atoms with Gasteiger partial charge in [0.25, 0.3) is 11.1 Å². The molecule has 0 aliphatic carbocycles. The van der Waals surface area contributed by atoms with Gasteiger partial charge in [-0.25, -0.2) is 0 Å². The summed E-state index contributed by atoms with van der Waals surface area (Å²) in [5.41, 5.74) is 12.5. The molecule has 2 saturated heterocycles. The van der Waals surface area contributed by atoms with Gasteiger partial charge in [0.15, 0.2) is 0 Å². The van der Waals surface area contributed by atoms with Crippen LogP contribution in [-0.4, -0.2) is 35.3 Å². The highest BCUT2D eigenvalue weighted by Gasteiger charge is 2.25. The standard InChI is InChI=1S/C25H24N4O2S.ClH/c1-15-10-17(7-8-22(15)29-9-3-4-18(26)14-29)19-5-2-6-21-20(19)11-16(13-27-21)12-23-24(30)28-25(31)32-23;/h2,5-8,10-13,18H,3-4,9,14,26H2,1H3,(H,28,30,31);1H/t18-;/m1./s1. The number of carbonyl (C=O) groups is 2. The minimum absolute atomic E-state index is 0. The molecule has 3 aromatic rings. The molecular weight excluding hydrogens is 456 g/mol. The molecule has 0 spiro atoms.